The van der Waals surface area contributed by atoms with Gasteiger partial charge in [-0.25, -0.2) is 4.79 Å². The summed E-state index contributed by atoms with van der Waals surface area (Å²) in [6, 6.07) is 6.75. The van der Waals surface area contributed by atoms with Crippen LogP contribution in [-0.2, 0) is 4.74 Å². The minimum absolute atomic E-state index is 0.173. The number of ether oxygens (including phenoxy) is 1. The molecule has 1 amide bonds. The van der Waals surface area contributed by atoms with Gasteiger partial charge >= 0.3 is 6.09 Å². The van der Waals surface area contributed by atoms with E-state index in [9.17, 15) is 4.79 Å². The maximum Gasteiger partial charge on any atom is 0.407 e. The van der Waals surface area contributed by atoms with E-state index in [-0.39, 0.29) is 18.2 Å². The zero-order chi connectivity index (χ0) is 16.9. The monoisotopic (exact) mass is 319 g/mol. The Morgan fingerprint density at radius 1 is 1.30 bits per heavy atom. The summed E-state index contributed by atoms with van der Waals surface area (Å²) in [5.41, 5.74) is 0.596. The highest BCUT2D eigenvalue weighted by atomic mass is 16.6. The van der Waals surface area contributed by atoms with Gasteiger partial charge in [-0.3, -0.25) is 4.98 Å². The number of aromatic nitrogens is 1. The highest BCUT2D eigenvalue weighted by Crippen LogP contribution is 2.22. The molecule has 1 aliphatic carbocycles. The fourth-order valence-electron chi connectivity index (χ4n) is 3.02. The van der Waals surface area contributed by atoms with Crippen LogP contribution in [0.2, 0.25) is 0 Å². The van der Waals surface area contributed by atoms with Gasteiger partial charge in [0.1, 0.15) is 5.60 Å². The summed E-state index contributed by atoms with van der Waals surface area (Å²) in [5.74, 6) is 0. The molecule has 0 radical (unpaired) electrons. The van der Waals surface area contributed by atoms with Crippen molar-refractivity contribution < 1.29 is 9.53 Å². The fourth-order valence-corrected chi connectivity index (χ4v) is 3.02. The van der Waals surface area contributed by atoms with Crippen molar-refractivity contribution >= 4 is 6.09 Å². The van der Waals surface area contributed by atoms with E-state index in [0.29, 0.717) is 6.04 Å². The van der Waals surface area contributed by atoms with Crippen molar-refractivity contribution in [2.24, 2.45) is 0 Å². The number of nitrogens with one attached hydrogen (secondary N) is 2. The van der Waals surface area contributed by atoms with E-state index in [4.69, 9.17) is 4.74 Å². The van der Waals surface area contributed by atoms with E-state index < -0.39 is 5.60 Å². The van der Waals surface area contributed by atoms with Crippen LogP contribution in [0.3, 0.4) is 0 Å². The average Bonchev–Trinajstić information content (AvgIpc) is 2.46. The predicted octanol–water partition coefficient (Wildman–Crippen LogP) is 3.57. The highest BCUT2D eigenvalue weighted by Gasteiger charge is 2.26. The topological polar surface area (TPSA) is 63.2 Å². The normalized spacial score (nSPS) is 23.1. The number of hydrogen-bond donors (Lipinski definition) is 2. The molecule has 0 aromatic carbocycles. The van der Waals surface area contributed by atoms with Crippen molar-refractivity contribution in [2.45, 2.75) is 77.1 Å². The second-order valence-electron chi connectivity index (χ2n) is 7.35. The smallest absolute Gasteiger partial charge is 0.407 e. The van der Waals surface area contributed by atoms with E-state index in [1.165, 1.54) is 0 Å². The van der Waals surface area contributed by atoms with E-state index in [0.717, 1.165) is 31.4 Å². The van der Waals surface area contributed by atoms with Gasteiger partial charge in [0, 0.05) is 24.3 Å². The Hall–Kier alpha value is -1.62. The maximum absolute atomic E-state index is 11.9. The van der Waals surface area contributed by atoms with Crippen molar-refractivity contribution in [2.75, 3.05) is 0 Å². The van der Waals surface area contributed by atoms with E-state index in [2.05, 4.69) is 22.5 Å². The molecular weight excluding hydrogens is 290 g/mol. The van der Waals surface area contributed by atoms with Gasteiger partial charge in [-0.1, -0.05) is 6.07 Å². The molecule has 0 aliphatic heterocycles. The minimum Gasteiger partial charge on any atom is -0.444 e. The van der Waals surface area contributed by atoms with Gasteiger partial charge in [0.15, 0.2) is 0 Å². The summed E-state index contributed by atoms with van der Waals surface area (Å²) in [6.45, 7) is 7.78. The van der Waals surface area contributed by atoms with Crippen LogP contribution in [0, 0.1) is 0 Å². The number of carbonyl (C=O) groups is 1. The van der Waals surface area contributed by atoms with Gasteiger partial charge in [0.2, 0.25) is 0 Å². The molecular formula is C18H29N3O2. The second kappa shape index (κ2) is 7.77. The van der Waals surface area contributed by atoms with Crippen LogP contribution in [0.5, 0.6) is 0 Å². The molecule has 2 rings (SSSR count). The highest BCUT2D eigenvalue weighted by molar-refractivity contribution is 5.68. The Balaban J connectivity index is 1.82. The Bertz CT molecular complexity index is 499. The second-order valence-corrected chi connectivity index (χ2v) is 7.35. The Morgan fingerprint density at radius 3 is 2.70 bits per heavy atom. The first kappa shape index (κ1) is 17.7. The molecule has 5 nitrogen and oxygen atoms in total. The zero-order valence-electron chi connectivity index (χ0n) is 14.6. The van der Waals surface area contributed by atoms with Crippen LogP contribution in [0.15, 0.2) is 24.4 Å². The lowest BCUT2D eigenvalue weighted by Gasteiger charge is -2.32. The first-order valence-corrected chi connectivity index (χ1v) is 8.50. The van der Waals surface area contributed by atoms with Gasteiger partial charge in [-0.05, 0) is 65.5 Å². The maximum atomic E-state index is 11.9. The molecule has 0 spiro atoms. The summed E-state index contributed by atoms with van der Waals surface area (Å²) in [4.78, 5) is 16.3. The minimum atomic E-state index is -0.454. The molecule has 2 N–H and O–H groups in total. The Morgan fingerprint density at radius 2 is 2.04 bits per heavy atom. The van der Waals surface area contributed by atoms with Crippen LogP contribution in [0.25, 0.3) is 0 Å². The van der Waals surface area contributed by atoms with Crippen molar-refractivity contribution in [1.29, 1.82) is 0 Å². The van der Waals surface area contributed by atoms with Crippen molar-refractivity contribution in [1.82, 2.24) is 15.6 Å². The first-order chi connectivity index (χ1) is 10.8. The van der Waals surface area contributed by atoms with Crippen LogP contribution >= 0.6 is 0 Å². The third-order valence-corrected chi connectivity index (χ3v) is 4.01. The third kappa shape index (κ3) is 6.18. The molecule has 23 heavy (non-hydrogen) atoms. The van der Waals surface area contributed by atoms with E-state index >= 15 is 0 Å². The molecule has 1 saturated carbocycles. The number of carbonyl (C=O) groups excluding carboxylic acids is 1. The Kier molecular flexibility index (Phi) is 5.99. The lowest BCUT2D eigenvalue weighted by atomic mass is 9.90. The summed E-state index contributed by atoms with van der Waals surface area (Å²) in [6.07, 6.45) is 5.67. The van der Waals surface area contributed by atoms with Crippen LogP contribution in [-0.4, -0.2) is 28.8 Å². The number of rotatable bonds is 4. The van der Waals surface area contributed by atoms with Crippen molar-refractivity contribution in [3.63, 3.8) is 0 Å². The lowest BCUT2D eigenvalue weighted by Crippen LogP contribution is -2.46. The van der Waals surface area contributed by atoms with Gasteiger partial charge in [-0.15, -0.1) is 0 Å². The molecule has 1 aliphatic rings. The lowest BCUT2D eigenvalue weighted by molar-refractivity contribution is 0.0488. The molecule has 1 aromatic rings. The molecule has 3 atom stereocenters. The largest absolute Gasteiger partial charge is 0.444 e. The molecule has 0 saturated heterocycles. The molecule has 1 aromatic heterocycles. The van der Waals surface area contributed by atoms with Crippen LogP contribution in [0.1, 0.15) is 65.1 Å². The average molecular weight is 319 g/mol. The number of hydrogen-bond acceptors (Lipinski definition) is 4. The zero-order valence-corrected chi connectivity index (χ0v) is 14.6. The summed E-state index contributed by atoms with van der Waals surface area (Å²) in [7, 11) is 0. The standard InChI is InChI=1S/C18H29N3O2/c1-13(16-10-5-6-11-19-16)20-14-8-7-9-15(12-14)21-17(22)23-18(2,3)4/h5-6,10-11,13-15,20H,7-9,12H2,1-4H3,(H,21,22)/t13-,14?,15?/m0/s1. The summed E-state index contributed by atoms with van der Waals surface area (Å²) < 4.78 is 5.35. The summed E-state index contributed by atoms with van der Waals surface area (Å²) in [5, 5.41) is 6.63. The number of pyridine rings is 1. The molecule has 1 heterocycles. The predicted molar refractivity (Wildman–Crippen MR) is 91.2 cm³/mol. The summed E-state index contributed by atoms with van der Waals surface area (Å²) >= 11 is 0. The van der Waals surface area contributed by atoms with E-state index in [1.54, 1.807) is 0 Å². The van der Waals surface area contributed by atoms with Crippen LogP contribution < -0.4 is 10.6 Å². The first-order valence-electron chi connectivity index (χ1n) is 8.50. The molecule has 0 bridgehead atoms. The van der Waals surface area contributed by atoms with E-state index in [1.807, 2.05) is 45.2 Å². The van der Waals surface area contributed by atoms with Crippen molar-refractivity contribution in [3.8, 4) is 0 Å². The third-order valence-electron chi connectivity index (χ3n) is 4.01. The van der Waals surface area contributed by atoms with Gasteiger partial charge < -0.3 is 15.4 Å². The molecule has 5 heteroatoms. The number of amides is 1. The molecule has 1 fully saturated rings. The fraction of sp³-hybridized carbons (Fsp3) is 0.667. The number of alkyl carbamates (subject to hydrolysis) is 1. The quantitative estimate of drug-likeness (QED) is 0.890. The van der Waals surface area contributed by atoms with Gasteiger partial charge in [0.25, 0.3) is 0 Å². The molecule has 128 valence electrons. The number of nitrogens with zero attached hydrogens (tertiary/aromatic N) is 1. The van der Waals surface area contributed by atoms with Crippen molar-refractivity contribution in [3.05, 3.63) is 30.1 Å². The molecule has 2 unspecified atom stereocenters. The van der Waals surface area contributed by atoms with Gasteiger partial charge in [-0.2, -0.15) is 0 Å². The van der Waals surface area contributed by atoms with Gasteiger partial charge in [0.05, 0.1) is 5.69 Å². The SMILES string of the molecule is C[C@H](NC1CCCC(NC(=O)OC(C)(C)C)C1)c1ccccn1. The Labute approximate surface area is 139 Å². The van der Waals surface area contributed by atoms with Crippen LogP contribution in [0.4, 0.5) is 4.79 Å².